The van der Waals surface area contributed by atoms with Crippen LogP contribution < -0.4 is 4.74 Å². The number of carbonyl (C=O) groups excluding carboxylic acids is 1. The van der Waals surface area contributed by atoms with E-state index in [-0.39, 0.29) is 5.97 Å². The number of benzene rings is 2. The molecule has 6 nitrogen and oxygen atoms in total. The summed E-state index contributed by atoms with van der Waals surface area (Å²) in [5.74, 6) is 0.657. The van der Waals surface area contributed by atoms with E-state index in [0.29, 0.717) is 26.1 Å². The average Bonchev–Trinajstić information content (AvgIpc) is 2.81. The molecule has 2 heterocycles. The molecule has 1 aliphatic rings. The first-order valence-electron chi connectivity index (χ1n) is 11.4. The minimum atomic E-state index is -0.450. The normalized spacial score (nSPS) is 13.9. The van der Waals surface area contributed by atoms with E-state index in [0.717, 1.165) is 46.9 Å². The summed E-state index contributed by atoms with van der Waals surface area (Å²) in [5, 5.41) is 0. The van der Waals surface area contributed by atoms with Gasteiger partial charge in [-0.1, -0.05) is 30.3 Å². The highest BCUT2D eigenvalue weighted by Gasteiger charge is 2.22. The number of carbonyl (C=O) groups is 1. The fourth-order valence-corrected chi connectivity index (χ4v) is 3.78. The van der Waals surface area contributed by atoms with Gasteiger partial charge in [0.2, 0.25) is 0 Å². The standard InChI is InChI=1S/C27H31N3O3/c1-27(2,3)33-26(31)14-16-30-15-13-23-25(18-30)29-24(17-28-23)21-9-11-22(12-10-21)32-19-20-7-5-4-6-8-20/h4-12,17H,13-16,18-19H2,1-3H3. The molecule has 6 heteroatoms. The van der Waals surface area contributed by atoms with Gasteiger partial charge in [-0.15, -0.1) is 0 Å². The highest BCUT2D eigenvalue weighted by molar-refractivity contribution is 5.70. The van der Waals surface area contributed by atoms with Gasteiger partial charge in [-0.05, 0) is 50.6 Å². The lowest BCUT2D eigenvalue weighted by atomic mass is 10.1. The first-order chi connectivity index (χ1) is 15.9. The summed E-state index contributed by atoms with van der Waals surface area (Å²) >= 11 is 0. The van der Waals surface area contributed by atoms with Crippen LogP contribution in [-0.2, 0) is 29.1 Å². The Balaban J connectivity index is 1.36. The summed E-state index contributed by atoms with van der Waals surface area (Å²) in [6.07, 6.45) is 3.06. The van der Waals surface area contributed by atoms with Crippen molar-refractivity contribution in [3.63, 3.8) is 0 Å². The quantitative estimate of drug-likeness (QED) is 0.486. The fraction of sp³-hybridized carbons (Fsp3) is 0.370. The van der Waals surface area contributed by atoms with Crippen molar-refractivity contribution in [1.29, 1.82) is 0 Å². The number of nitrogens with zero attached hydrogens (tertiary/aromatic N) is 3. The molecule has 0 saturated carbocycles. The average molecular weight is 446 g/mol. The predicted octanol–water partition coefficient (Wildman–Crippen LogP) is 4.81. The largest absolute Gasteiger partial charge is 0.489 e. The molecule has 0 atom stereocenters. The molecule has 172 valence electrons. The molecule has 0 unspecified atom stereocenters. The Morgan fingerprint density at radius 2 is 1.79 bits per heavy atom. The van der Waals surface area contributed by atoms with Crippen molar-refractivity contribution in [1.82, 2.24) is 14.9 Å². The maximum Gasteiger partial charge on any atom is 0.307 e. The zero-order valence-corrected chi connectivity index (χ0v) is 19.6. The molecule has 0 saturated heterocycles. The highest BCUT2D eigenvalue weighted by atomic mass is 16.6. The fourth-order valence-electron chi connectivity index (χ4n) is 3.78. The van der Waals surface area contributed by atoms with Crippen molar-refractivity contribution >= 4 is 5.97 Å². The van der Waals surface area contributed by atoms with Crippen molar-refractivity contribution in [2.24, 2.45) is 0 Å². The number of ether oxygens (including phenoxy) is 2. The zero-order valence-electron chi connectivity index (χ0n) is 19.6. The number of aromatic nitrogens is 2. The third-order valence-electron chi connectivity index (χ3n) is 5.42. The molecule has 2 aromatic carbocycles. The molecule has 33 heavy (non-hydrogen) atoms. The Labute approximate surface area is 195 Å². The lowest BCUT2D eigenvalue weighted by Crippen LogP contribution is -2.34. The van der Waals surface area contributed by atoms with Crippen LogP contribution in [0.3, 0.4) is 0 Å². The number of esters is 1. The molecular formula is C27H31N3O3. The van der Waals surface area contributed by atoms with Crippen LogP contribution in [-0.4, -0.2) is 39.5 Å². The second-order valence-corrected chi connectivity index (χ2v) is 9.31. The van der Waals surface area contributed by atoms with Gasteiger partial charge in [-0.2, -0.15) is 0 Å². The first-order valence-corrected chi connectivity index (χ1v) is 11.4. The van der Waals surface area contributed by atoms with E-state index in [2.05, 4.69) is 9.88 Å². The second kappa shape index (κ2) is 10.1. The number of hydrogen-bond acceptors (Lipinski definition) is 6. The van der Waals surface area contributed by atoms with Crippen LogP contribution in [0.5, 0.6) is 5.75 Å². The van der Waals surface area contributed by atoms with E-state index < -0.39 is 5.60 Å². The Kier molecular flexibility index (Phi) is 7.04. The predicted molar refractivity (Wildman–Crippen MR) is 128 cm³/mol. The van der Waals surface area contributed by atoms with Gasteiger partial charge in [0.25, 0.3) is 0 Å². The number of fused-ring (bicyclic) bond motifs is 1. The molecule has 0 radical (unpaired) electrons. The lowest BCUT2D eigenvalue weighted by molar-refractivity contribution is -0.155. The number of rotatable bonds is 7. The van der Waals surface area contributed by atoms with Crippen molar-refractivity contribution in [2.75, 3.05) is 13.1 Å². The molecule has 0 spiro atoms. The van der Waals surface area contributed by atoms with E-state index in [1.807, 2.05) is 81.6 Å². The van der Waals surface area contributed by atoms with Crippen LogP contribution in [0.25, 0.3) is 11.3 Å². The smallest absolute Gasteiger partial charge is 0.307 e. The van der Waals surface area contributed by atoms with Gasteiger partial charge in [0.1, 0.15) is 18.0 Å². The van der Waals surface area contributed by atoms with E-state index in [1.165, 1.54) is 0 Å². The summed E-state index contributed by atoms with van der Waals surface area (Å²) in [4.78, 5) is 23.8. The van der Waals surface area contributed by atoms with Crippen molar-refractivity contribution < 1.29 is 14.3 Å². The van der Waals surface area contributed by atoms with E-state index in [4.69, 9.17) is 14.5 Å². The van der Waals surface area contributed by atoms with Gasteiger partial charge in [-0.25, -0.2) is 4.98 Å². The molecule has 1 aromatic heterocycles. The Morgan fingerprint density at radius 1 is 1.03 bits per heavy atom. The van der Waals surface area contributed by atoms with Crippen LogP contribution in [0.2, 0.25) is 0 Å². The molecular weight excluding hydrogens is 414 g/mol. The van der Waals surface area contributed by atoms with Crippen molar-refractivity contribution in [3.8, 4) is 17.0 Å². The number of hydrogen-bond donors (Lipinski definition) is 0. The van der Waals surface area contributed by atoms with E-state index in [1.54, 1.807) is 0 Å². The van der Waals surface area contributed by atoms with Gasteiger partial charge in [-0.3, -0.25) is 14.7 Å². The second-order valence-electron chi connectivity index (χ2n) is 9.31. The first kappa shape index (κ1) is 22.9. The van der Waals surface area contributed by atoms with Gasteiger partial charge < -0.3 is 9.47 Å². The van der Waals surface area contributed by atoms with Crippen LogP contribution in [0, 0.1) is 0 Å². The van der Waals surface area contributed by atoms with Crippen molar-refractivity contribution in [3.05, 3.63) is 77.7 Å². The molecule has 3 aromatic rings. The minimum Gasteiger partial charge on any atom is -0.489 e. The van der Waals surface area contributed by atoms with Crippen LogP contribution in [0.4, 0.5) is 0 Å². The Hall–Kier alpha value is -3.25. The zero-order chi connectivity index (χ0) is 23.3. The summed E-state index contributed by atoms with van der Waals surface area (Å²) in [6, 6.07) is 18.1. The van der Waals surface area contributed by atoms with Gasteiger partial charge in [0.05, 0.1) is 29.7 Å². The molecule has 0 fully saturated rings. The van der Waals surface area contributed by atoms with E-state index in [9.17, 15) is 4.79 Å². The summed E-state index contributed by atoms with van der Waals surface area (Å²) in [7, 11) is 0. The van der Waals surface area contributed by atoms with Crippen LogP contribution in [0.1, 0.15) is 44.1 Å². The maximum absolute atomic E-state index is 12.1. The SMILES string of the molecule is CC(C)(C)OC(=O)CCN1CCc2ncc(-c3ccc(OCc4ccccc4)cc3)nc2C1. The van der Waals surface area contributed by atoms with Gasteiger partial charge in [0, 0.05) is 31.6 Å². The van der Waals surface area contributed by atoms with Crippen LogP contribution in [0.15, 0.2) is 60.8 Å². The minimum absolute atomic E-state index is 0.164. The maximum atomic E-state index is 12.1. The third kappa shape index (κ3) is 6.62. The highest BCUT2D eigenvalue weighted by Crippen LogP contribution is 2.24. The molecule has 0 bridgehead atoms. The Bertz CT molecular complexity index is 1080. The molecule has 0 N–H and O–H groups in total. The van der Waals surface area contributed by atoms with Crippen LogP contribution >= 0.6 is 0 Å². The lowest BCUT2D eigenvalue weighted by Gasteiger charge is -2.28. The monoisotopic (exact) mass is 445 g/mol. The van der Waals surface area contributed by atoms with Gasteiger partial charge in [0.15, 0.2) is 0 Å². The van der Waals surface area contributed by atoms with Crippen molar-refractivity contribution in [2.45, 2.75) is 52.4 Å². The topological polar surface area (TPSA) is 64.5 Å². The summed E-state index contributed by atoms with van der Waals surface area (Å²) in [6.45, 7) is 8.43. The molecule has 0 aliphatic carbocycles. The summed E-state index contributed by atoms with van der Waals surface area (Å²) < 4.78 is 11.3. The Morgan fingerprint density at radius 3 is 2.52 bits per heavy atom. The van der Waals surface area contributed by atoms with E-state index >= 15 is 0 Å². The molecule has 1 aliphatic heterocycles. The third-order valence-corrected chi connectivity index (χ3v) is 5.42. The van der Waals surface area contributed by atoms with Gasteiger partial charge >= 0.3 is 5.97 Å². The molecule has 4 rings (SSSR count). The molecule has 0 amide bonds. The summed E-state index contributed by atoms with van der Waals surface area (Å²) in [5.41, 5.74) is 4.55.